The maximum Gasteiger partial charge on any atom is 0.319 e. The third kappa shape index (κ3) is 4.28. The van der Waals surface area contributed by atoms with E-state index in [4.69, 9.17) is 9.47 Å². The van der Waals surface area contributed by atoms with Crippen molar-refractivity contribution in [3.63, 3.8) is 0 Å². The molecule has 0 unspecified atom stereocenters. The number of rotatable bonds is 4. The SMILES string of the molecule is COc1cccc(OC)c1NC(=O)NC1CCCCCC1. The first-order valence-corrected chi connectivity index (χ1v) is 7.53. The third-order valence-corrected chi connectivity index (χ3v) is 3.86. The molecule has 1 aliphatic rings. The van der Waals surface area contributed by atoms with Crippen molar-refractivity contribution in [2.75, 3.05) is 19.5 Å². The molecule has 2 amide bonds. The molecule has 0 aliphatic heterocycles. The molecular formula is C16H24N2O3. The fourth-order valence-electron chi connectivity index (χ4n) is 2.73. The van der Waals surface area contributed by atoms with E-state index in [-0.39, 0.29) is 12.1 Å². The Kier molecular flexibility index (Phi) is 5.72. The first kappa shape index (κ1) is 15.5. The van der Waals surface area contributed by atoms with Gasteiger partial charge in [-0.05, 0) is 25.0 Å². The van der Waals surface area contributed by atoms with E-state index in [0.29, 0.717) is 17.2 Å². The summed E-state index contributed by atoms with van der Waals surface area (Å²) in [5.41, 5.74) is 0.564. The van der Waals surface area contributed by atoms with Gasteiger partial charge in [-0.1, -0.05) is 31.7 Å². The molecule has 2 rings (SSSR count). The van der Waals surface area contributed by atoms with Crippen molar-refractivity contribution >= 4 is 11.7 Å². The number of nitrogens with one attached hydrogen (secondary N) is 2. The fourth-order valence-corrected chi connectivity index (χ4v) is 2.73. The number of para-hydroxylation sites is 1. The summed E-state index contributed by atoms with van der Waals surface area (Å²) in [6.45, 7) is 0. The highest BCUT2D eigenvalue weighted by molar-refractivity contribution is 5.93. The van der Waals surface area contributed by atoms with Gasteiger partial charge >= 0.3 is 6.03 Å². The number of benzene rings is 1. The van der Waals surface area contributed by atoms with Gasteiger partial charge in [-0.3, -0.25) is 0 Å². The smallest absolute Gasteiger partial charge is 0.319 e. The predicted octanol–water partition coefficient (Wildman–Crippen LogP) is 3.55. The van der Waals surface area contributed by atoms with Crippen LogP contribution in [0.1, 0.15) is 38.5 Å². The van der Waals surface area contributed by atoms with Gasteiger partial charge in [-0.25, -0.2) is 4.79 Å². The molecule has 0 atom stereocenters. The molecule has 0 radical (unpaired) electrons. The van der Waals surface area contributed by atoms with Crippen LogP contribution in [0.15, 0.2) is 18.2 Å². The maximum absolute atomic E-state index is 12.2. The van der Waals surface area contributed by atoms with Crippen molar-refractivity contribution in [3.8, 4) is 11.5 Å². The van der Waals surface area contributed by atoms with E-state index in [1.165, 1.54) is 25.7 Å². The van der Waals surface area contributed by atoms with E-state index in [1.54, 1.807) is 26.4 Å². The summed E-state index contributed by atoms with van der Waals surface area (Å²) in [5.74, 6) is 1.18. The molecule has 2 N–H and O–H groups in total. The van der Waals surface area contributed by atoms with E-state index >= 15 is 0 Å². The normalized spacial score (nSPS) is 15.9. The molecule has 0 heterocycles. The van der Waals surface area contributed by atoms with Crippen molar-refractivity contribution < 1.29 is 14.3 Å². The van der Waals surface area contributed by atoms with Gasteiger partial charge in [0.15, 0.2) is 0 Å². The predicted molar refractivity (Wildman–Crippen MR) is 83.2 cm³/mol. The van der Waals surface area contributed by atoms with Crippen LogP contribution in [0, 0.1) is 0 Å². The Balaban J connectivity index is 2.01. The highest BCUT2D eigenvalue weighted by Gasteiger charge is 2.17. The second-order valence-electron chi connectivity index (χ2n) is 5.32. The number of ether oxygens (including phenoxy) is 2. The summed E-state index contributed by atoms with van der Waals surface area (Å²) in [6.07, 6.45) is 7.00. The summed E-state index contributed by atoms with van der Waals surface area (Å²) in [6, 6.07) is 5.47. The number of amides is 2. The lowest BCUT2D eigenvalue weighted by Gasteiger charge is -2.18. The van der Waals surface area contributed by atoms with Crippen LogP contribution in [0.2, 0.25) is 0 Å². The molecule has 0 bridgehead atoms. The van der Waals surface area contributed by atoms with Gasteiger partial charge in [0.2, 0.25) is 0 Å². The molecule has 5 heteroatoms. The van der Waals surface area contributed by atoms with Crippen molar-refractivity contribution in [1.29, 1.82) is 0 Å². The zero-order valence-electron chi connectivity index (χ0n) is 12.8. The molecule has 1 aromatic carbocycles. The molecule has 5 nitrogen and oxygen atoms in total. The highest BCUT2D eigenvalue weighted by Crippen LogP contribution is 2.34. The van der Waals surface area contributed by atoms with Crippen molar-refractivity contribution in [2.24, 2.45) is 0 Å². The number of urea groups is 1. The fraction of sp³-hybridized carbons (Fsp3) is 0.562. The second-order valence-corrected chi connectivity index (χ2v) is 5.32. The quantitative estimate of drug-likeness (QED) is 0.834. The van der Waals surface area contributed by atoms with Gasteiger partial charge < -0.3 is 20.1 Å². The van der Waals surface area contributed by atoms with Crippen molar-refractivity contribution in [2.45, 2.75) is 44.6 Å². The first-order valence-electron chi connectivity index (χ1n) is 7.53. The lowest BCUT2D eigenvalue weighted by atomic mass is 10.1. The lowest BCUT2D eigenvalue weighted by Crippen LogP contribution is -2.37. The highest BCUT2D eigenvalue weighted by atomic mass is 16.5. The van der Waals surface area contributed by atoms with Crippen LogP contribution in [0.4, 0.5) is 10.5 Å². The van der Waals surface area contributed by atoms with Crippen LogP contribution >= 0.6 is 0 Å². The number of hydrogen-bond donors (Lipinski definition) is 2. The van der Waals surface area contributed by atoms with E-state index in [2.05, 4.69) is 10.6 Å². The Labute approximate surface area is 126 Å². The number of hydrogen-bond acceptors (Lipinski definition) is 3. The van der Waals surface area contributed by atoms with Crippen LogP contribution in [0.25, 0.3) is 0 Å². The van der Waals surface area contributed by atoms with E-state index in [9.17, 15) is 4.79 Å². The first-order chi connectivity index (χ1) is 10.2. The number of methoxy groups -OCH3 is 2. The molecule has 0 spiro atoms. The van der Waals surface area contributed by atoms with E-state index in [1.807, 2.05) is 6.07 Å². The van der Waals surface area contributed by atoms with Gasteiger partial charge in [0.25, 0.3) is 0 Å². The number of carbonyl (C=O) groups is 1. The minimum Gasteiger partial charge on any atom is -0.494 e. The summed E-state index contributed by atoms with van der Waals surface area (Å²) < 4.78 is 10.6. The van der Waals surface area contributed by atoms with Gasteiger partial charge in [-0.15, -0.1) is 0 Å². The van der Waals surface area contributed by atoms with Crippen molar-refractivity contribution in [3.05, 3.63) is 18.2 Å². The van der Waals surface area contributed by atoms with Crippen LogP contribution in [0.3, 0.4) is 0 Å². The summed E-state index contributed by atoms with van der Waals surface area (Å²) in [5, 5.41) is 5.90. The lowest BCUT2D eigenvalue weighted by molar-refractivity contribution is 0.246. The topological polar surface area (TPSA) is 59.6 Å². The van der Waals surface area contributed by atoms with E-state index < -0.39 is 0 Å². The van der Waals surface area contributed by atoms with Gasteiger partial charge in [0, 0.05) is 6.04 Å². The molecule has 116 valence electrons. The average molecular weight is 292 g/mol. The zero-order valence-corrected chi connectivity index (χ0v) is 12.8. The Morgan fingerprint density at radius 3 is 2.14 bits per heavy atom. The van der Waals surface area contributed by atoms with Gasteiger partial charge in [0.1, 0.15) is 17.2 Å². The molecule has 1 aliphatic carbocycles. The van der Waals surface area contributed by atoms with Crippen LogP contribution in [-0.2, 0) is 0 Å². The monoisotopic (exact) mass is 292 g/mol. The zero-order chi connectivity index (χ0) is 15.1. The van der Waals surface area contributed by atoms with Crippen molar-refractivity contribution in [1.82, 2.24) is 5.32 Å². The average Bonchev–Trinajstić information content (AvgIpc) is 2.76. The molecule has 1 saturated carbocycles. The Hall–Kier alpha value is -1.91. The van der Waals surface area contributed by atoms with Gasteiger partial charge in [-0.2, -0.15) is 0 Å². The second kappa shape index (κ2) is 7.76. The minimum absolute atomic E-state index is 0.204. The standard InChI is InChI=1S/C16H24N2O3/c1-20-13-10-7-11-14(21-2)15(13)18-16(19)17-12-8-5-3-4-6-9-12/h7,10-12H,3-6,8-9H2,1-2H3,(H2,17,18,19). The summed E-state index contributed by atoms with van der Waals surface area (Å²) >= 11 is 0. The molecule has 0 saturated heterocycles. The Morgan fingerprint density at radius 2 is 1.62 bits per heavy atom. The largest absolute Gasteiger partial charge is 0.494 e. The Bertz CT molecular complexity index is 446. The maximum atomic E-state index is 12.2. The minimum atomic E-state index is -0.204. The van der Waals surface area contributed by atoms with E-state index in [0.717, 1.165) is 12.8 Å². The number of carbonyl (C=O) groups excluding carboxylic acids is 1. The Morgan fingerprint density at radius 1 is 1.05 bits per heavy atom. The molecule has 1 fully saturated rings. The summed E-state index contributed by atoms with van der Waals surface area (Å²) in [4.78, 5) is 12.2. The molecule has 1 aromatic rings. The molecule has 0 aromatic heterocycles. The van der Waals surface area contributed by atoms with Crippen LogP contribution < -0.4 is 20.1 Å². The van der Waals surface area contributed by atoms with Crippen LogP contribution in [-0.4, -0.2) is 26.3 Å². The molecule has 21 heavy (non-hydrogen) atoms. The van der Waals surface area contributed by atoms with Crippen LogP contribution in [0.5, 0.6) is 11.5 Å². The number of anilines is 1. The summed E-state index contributed by atoms with van der Waals surface area (Å²) in [7, 11) is 3.15. The molecular weight excluding hydrogens is 268 g/mol. The van der Waals surface area contributed by atoms with Gasteiger partial charge in [0.05, 0.1) is 14.2 Å². The third-order valence-electron chi connectivity index (χ3n) is 3.86.